The maximum absolute atomic E-state index is 11.8. The summed E-state index contributed by atoms with van der Waals surface area (Å²) in [5.41, 5.74) is 2.00. The summed E-state index contributed by atoms with van der Waals surface area (Å²) in [6, 6.07) is 8.06. The van der Waals surface area contributed by atoms with Crippen LogP contribution in [0.4, 0.5) is 0 Å². The fraction of sp³-hybridized carbons (Fsp3) is 0.267. The molecule has 1 aliphatic heterocycles. The summed E-state index contributed by atoms with van der Waals surface area (Å²) in [6.07, 6.45) is 3.90. The maximum Gasteiger partial charge on any atom is 0.193 e. The number of hydrogen-bond acceptors (Lipinski definition) is 3. The molecule has 4 rings (SSSR count). The molecule has 1 aliphatic carbocycles. The first-order valence-electron chi connectivity index (χ1n) is 6.28. The molecule has 2 heterocycles. The molecule has 1 fully saturated rings. The van der Waals surface area contributed by atoms with Crippen LogP contribution in [0.15, 0.2) is 30.3 Å². The first-order valence-corrected chi connectivity index (χ1v) is 7.10. The Morgan fingerprint density at radius 2 is 2.16 bits per heavy atom. The lowest BCUT2D eigenvalue weighted by Crippen LogP contribution is -2.44. The quantitative estimate of drug-likeness (QED) is 0.774. The molecule has 19 heavy (non-hydrogen) atoms. The Morgan fingerprint density at radius 1 is 1.37 bits per heavy atom. The topological polar surface area (TPSA) is 53.1 Å². The number of H-pyrrole nitrogens is 1. The molecule has 2 aliphatic rings. The van der Waals surface area contributed by atoms with E-state index in [0.717, 1.165) is 22.2 Å². The smallest absolute Gasteiger partial charge is 0.193 e. The van der Waals surface area contributed by atoms with Gasteiger partial charge in [-0.15, -0.1) is 0 Å². The molecule has 2 N–H and O–H groups in total. The fourth-order valence-electron chi connectivity index (χ4n) is 3.16. The summed E-state index contributed by atoms with van der Waals surface area (Å²) >= 11 is 1.24. The van der Waals surface area contributed by atoms with E-state index in [1.165, 1.54) is 11.8 Å². The Morgan fingerprint density at radius 3 is 3.00 bits per heavy atom. The average Bonchev–Trinajstić information content (AvgIpc) is 2.84. The lowest BCUT2D eigenvalue weighted by Gasteiger charge is -2.38. The van der Waals surface area contributed by atoms with E-state index >= 15 is 0 Å². The highest BCUT2D eigenvalue weighted by molar-refractivity contribution is 8.14. The van der Waals surface area contributed by atoms with Gasteiger partial charge in [-0.1, -0.05) is 42.1 Å². The second kappa shape index (κ2) is 3.32. The zero-order valence-corrected chi connectivity index (χ0v) is 11.3. The van der Waals surface area contributed by atoms with Gasteiger partial charge in [-0.25, -0.2) is 0 Å². The number of carbonyl (C=O) groups is 1. The van der Waals surface area contributed by atoms with E-state index in [4.69, 9.17) is 0 Å². The first-order chi connectivity index (χ1) is 9.03. The van der Waals surface area contributed by atoms with Crippen molar-refractivity contribution >= 4 is 33.9 Å². The standard InChI is InChI=1S/C15H13NO2S/c1-14-13-10(9-4-2-3-5-11(9)16-13)6-7-15(14,18)8-12(17)19-14/h2-7,16,18H,8H2,1H3. The Labute approximate surface area is 114 Å². The highest BCUT2D eigenvalue weighted by atomic mass is 32.2. The van der Waals surface area contributed by atoms with Crippen molar-refractivity contribution in [3.8, 4) is 0 Å². The van der Waals surface area contributed by atoms with Crippen molar-refractivity contribution in [2.45, 2.75) is 23.7 Å². The minimum Gasteiger partial charge on any atom is -0.383 e. The molecule has 2 unspecified atom stereocenters. The molecule has 4 heteroatoms. The number of thioether (sulfide) groups is 1. The predicted molar refractivity (Wildman–Crippen MR) is 76.8 cm³/mol. The number of aromatic nitrogens is 1. The third-order valence-corrected chi connectivity index (χ3v) is 5.64. The van der Waals surface area contributed by atoms with Crippen LogP contribution in [0.3, 0.4) is 0 Å². The number of para-hydroxylation sites is 1. The van der Waals surface area contributed by atoms with E-state index in [0.29, 0.717) is 0 Å². The van der Waals surface area contributed by atoms with Crippen molar-refractivity contribution in [1.82, 2.24) is 4.98 Å². The van der Waals surface area contributed by atoms with Gasteiger partial charge in [0.05, 0.1) is 11.2 Å². The Hall–Kier alpha value is -1.52. The molecule has 3 nitrogen and oxygen atoms in total. The number of nitrogens with one attached hydrogen (secondary N) is 1. The lowest BCUT2D eigenvalue weighted by molar-refractivity contribution is -0.113. The molecule has 2 aromatic rings. The van der Waals surface area contributed by atoms with E-state index in [1.807, 2.05) is 31.2 Å². The summed E-state index contributed by atoms with van der Waals surface area (Å²) in [7, 11) is 0. The van der Waals surface area contributed by atoms with E-state index in [-0.39, 0.29) is 11.5 Å². The molecule has 1 saturated heterocycles. The van der Waals surface area contributed by atoms with Gasteiger partial charge in [-0.2, -0.15) is 0 Å². The van der Waals surface area contributed by atoms with Crippen molar-refractivity contribution in [3.63, 3.8) is 0 Å². The zero-order chi connectivity index (χ0) is 13.3. The van der Waals surface area contributed by atoms with Crippen LogP contribution in [0, 0.1) is 0 Å². The molecular weight excluding hydrogens is 258 g/mol. The summed E-state index contributed by atoms with van der Waals surface area (Å²) in [6.45, 7) is 1.94. The Balaban J connectivity index is 2.07. The summed E-state index contributed by atoms with van der Waals surface area (Å²) < 4.78 is -0.618. The SMILES string of the molecule is CC12SC(=O)CC1(O)C=Cc1c2[nH]c2ccccc12. The van der Waals surface area contributed by atoms with Crippen molar-refractivity contribution < 1.29 is 9.90 Å². The molecule has 96 valence electrons. The lowest BCUT2D eigenvalue weighted by atomic mass is 9.78. The van der Waals surface area contributed by atoms with Gasteiger partial charge in [0.1, 0.15) is 5.60 Å². The maximum atomic E-state index is 11.8. The Kier molecular flexibility index (Phi) is 1.98. The summed E-state index contributed by atoms with van der Waals surface area (Å²) in [5, 5.41) is 11.9. The largest absolute Gasteiger partial charge is 0.383 e. The number of benzene rings is 1. The van der Waals surface area contributed by atoms with Gasteiger partial charge in [-0.05, 0) is 13.0 Å². The average molecular weight is 271 g/mol. The number of carbonyl (C=O) groups excluding carboxylic acids is 1. The first kappa shape index (κ1) is 11.3. The van der Waals surface area contributed by atoms with Gasteiger partial charge >= 0.3 is 0 Å². The van der Waals surface area contributed by atoms with E-state index < -0.39 is 10.3 Å². The highest BCUT2D eigenvalue weighted by Gasteiger charge is 2.58. The minimum atomic E-state index is -1.08. The van der Waals surface area contributed by atoms with Crippen LogP contribution in [-0.4, -0.2) is 20.8 Å². The molecule has 1 aromatic heterocycles. The van der Waals surface area contributed by atoms with E-state index in [2.05, 4.69) is 11.1 Å². The molecule has 0 radical (unpaired) electrons. The van der Waals surface area contributed by atoms with Crippen LogP contribution in [-0.2, 0) is 9.54 Å². The van der Waals surface area contributed by atoms with E-state index in [9.17, 15) is 9.90 Å². The number of fused-ring (bicyclic) bond motifs is 5. The van der Waals surface area contributed by atoms with Gasteiger partial charge < -0.3 is 10.1 Å². The van der Waals surface area contributed by atoms with Crippen LogP contribution in [0.1, 0.15) is 24.6 Å². The minimum absolute atomic E-state index is 0.0427. The monoisotopic (exact) mass is 271 g/mol. The van der Waals surface area contributed by atoms with E-state index in [1.54, 1.807) is 6.08 Å². The number of hydrogen-bond donors (Lipinski definition) is 2. The molecule has 0 saturated carbocycles. The summed E-state index contributed by atoms with van der Waals surface area (Å²) in [5.74, 6) is 0. The van der Waals surface area contributed by atoms with Gasteiger partial charge in [0, 0.05) is 22.2 Å². The molecule has 2 atom stereocenters. The Bertz CT molecular complexity index is 748. The molecule has 0 spiro atoms. The zero-order valence-electron chi connectivity index (χ0n) is 10.4. The van der Waals surface area contributed by atoms with Crippen LogP contribution >= 0.6 is 11.8 Å². The van der Waals surface area contributed by atoms with Crippen molar-refractivity contribution in [3.05, 3.63) is 41.6 Å². The number of rotatable bonds is 0. The van der Waals surface area contributed by atoms with Crippen molar-refractivity contribution in [2.75, 3.05) is 0 Å². The second-order valence-corrected chi connectivity index (χ2v) is 6.88. The van der Waals surface area contributed by atoms with Crippen molar-refractivity contribution in [2.24, 2.45) is 0 Å². The fourth-order valence-corrected chi connectivity index (χ4v) is 4.49. The van der Waals surface area contributed by atoms with Crippen LogP contribution in [0.5, 0.6) is 0 Å². The molecule has 0 amide bonds. The third-order valence-electron chi connectivity index (χ3n) is 4.31. The third kappa shape index (κ3) is 1.25. The van der Waals surface area contributed by atoms with Gasteiger partial charge in [0.25, 0.3) is 0 Å². The molecule has 1 aromatic carbocycles. The summed E-state index contributed by atoms with van der Waals surface area (Å²) in [4.78, 5) is 15.2. The highest BCUT2D eigenvalue weighted by Crippen LogP contribution is 2.57. The normalized spacial score (nSPS) is 32.6. The van der Waals surface area contributed by atoms with Crippen LogP contribution in [0.25, 0.3) is 17.0 Å². The van der Waals surface area contributed by atoms with Gasteiger partial charge in [0.15, 0.2) is 5.12 Å². The number of aromatic amines is 1. The molecular formula is C15H13NO2S. The predicted octanol–water partition coefficient (Wildman–Crippen LogP) is 2.80. The number of aliphatic hydroxyl groups is 1. The van der Waals surface area contributed by atoms with Crippen LogP contribution in [0.2, 0.25) is 0 Å². The van der Waals surface area contributed by atoms with Gasteiger partial charge in [0.2, 0.25) is 0 Å². The van der Waals surface area contributed by atoms with Crippen molar-refractivity contribution in [1.29, 1.82) is 0 Å². The molecule has 0 bridgehead atoms. The van der Waals surface area contributed by atoms with Gasteiger partial charge in [-0.3, -0.25) is 4.79 Å². The van der Waals surface area contributed by atoms with Crippen LogP contribution < -0.4 is 0 Å². The second-order valence-electron chi connectivity index (χ2n) is 5.40.